The number of benzene rings is 4. The first-order valence-corrected chi connectivity index (χ1v) is 12.7. The van der Waals surface area contributed by atoms with Crippen LogP contribution in [0.4, 0.5) is 0 Å². The number of nitrogens with zero attached hydrogens (tertiary/aromatic N) is 1. The average Bonchev–Trinajstić information content (AvgIpc) is 3.50. The van der Waals surface area contributed by atoms with Gasteiger partial charge in [0.1, 0.15) is 5.52 Å². The third-order valence-electron chi connectivity index (χ3n) is 7.55. The summed E-state index contributed by atoms with van der Waals surface area (Å²) >= 11 is 1.79. The summed E-state index contributed by atoms with van der Waals surface area (Å²) in [7, 11) is -0.402. The molecule has 1 aliphatic heterocycles. The van der Waals surface area contributed by atoms with E-state index in [1.54, 1.807) is 11.3 Å². The lowest BCUT2D eigenvalue weighted by molar-refractivity contribution is 0.00578. The van der Waals surface area contributed by atoms with E-state index in [1.807, 2.05) is 36.4 Å². The molecule has 0 atom stereocenters. The molecule has 172 valence electrons. The second-order valence-corrected chi connectivity index (χ2v) is 11.4. The Morgan fingerprint density at radius 2 is 1.46 bits per heavy atom. The second-order valence-electron chi connectivity index (χ2n) is 10.3. The van der Waals surface area contributed by atoms with E-state index in [2.05, 4.69) is 64.1 Å². The summed E-state index contributed by atoms with van der Waals surface area (Å²) in [5, 5.41) is 4.71. The standard InChI is InChI=1S/C29H24BNO3S/c1-28(2)29(3,4)34-30(33-28)19-12-10-17-11-14-22-24(20(17)16-19)25-23(35-22)15-13-21-26(25)31-27(32-21)18-8-6-5-7-9-18/h5-16H,1-4H3. The second kappa shape index (κ2) is 7.17. The molecule has 35 heavy (non-hydrogen) atoms. The molecule has 1 fully saturated rings. The molecule has 7 rings (SSSR count). The highest BCUT2D eigenvalue weighted by Crippen LogP contribution is 2.43. The highest BCUT2D eigenvalue weighted by Gasteiger charge is 2.51. The molecule has 0 amide bonds. The Labute approximate surface area is 207 Å². The van der Waals surface area contributed by atoms with Crippen molar-refractivity contribution < 1.29 is 13.7 Å². The lowest BCUT2D eigenvalue weighted by Gasteiger charge is -2.32. The minimum Gasteiger partial charge on any atom is -0.436 e. The van der Waals surface area contributed by atoms with Gasteiger partial charge in [0.15, 0.2) is 5.58 Å². The van der Waals surface area contributed by atoms with Crippen LogP contribution in [0.15, 0.2) is 77.2 Å². The zero-order chi connectivity index (χ0) is 23.9. The molecule has 1 aliphatic rings. The van der Waals surface area contributed by atoms with Crippen LogP contribution in [0.2, 0.25) is 0 Å². The molecule has 4 aromatic carbocycles. The van der Waals surface area contributed by atoms with Gasteiger partial charge in [-0.3, -0.25) is 0 Å². The number of rotatable bonds is 2. The van der Waals surface area contributed by atoms with Crippen LogP contribution in [0, 0.1) is 0 Å². The SMILES string of the molecule is CC1(C)OB(c2ccc3ccc4sc5ccc6oc(-c7ccccc7)nc6c5c4c3c2)OC1(C)C. The highest BCUT2D eigenvalue weighted by atomic mass is 32.1. The van der Waals surface area contributed by atoms with E-state index in [0.717, 1.165) is 27.5 Å². The number of hydrogen-bond acceptors (Lipinski definition) is 5. The zero-order valence-corrected chi connectivity index (χ0v) is 20.9. The zero-order valence-electron chi connectivity index (χ0n) is 20.1. The summed E-state index contributed by atoms with van der Waals surface area (Å²) in [6.07, 6.45) is 0. The number of fused-ring (bicyclic) bond motifs is 7. The van der Waals surface area contributed by atoms with Crippen LogP contribution in [0.25, 0.3) is 53.5 Å². The molecule has 1 saturated heterocycles. The first-order chi connectivity index (χ1) is 16.8. The van der Waals surface area contributed by atoms with Gasteiger partial charge in [0.25, 0.3) is 0 Å². The molecular formula is C29H24BNO3S. The molecule has 0 N–H and O–H groups in total. The van der Waals surface area contributed by atoms with E-state index in [4.69, 9.17) is 18.7 Å². The maximum atomic E-state index is 6.36. The van der Waals surface area contributed by atoms with Gasteiger partial charge in [0.05, 0.1) is 11.2 Å². The molecule has 6 heteroatoms. The number of aromatic nitrogens is 1. The molecule has 0 spiro atoms. The Bertz CT molecular complexity index is 1750. The van der Waals surface area contributed by atoms with Crippen LogP contribution < -0.4 is 5.46 Å². The van der Waals surface area contributed by atoms with Gasteiger partial charge in [-0.05, 0) is 74.3 Å². The highest BCUT2D eigenvalue weighted by molar-refractivity contribution is 7.26. The average molecular weight is 477 g/mol. The Kier molecular flexibility index (Phi) is 4.33. The summed E-state index contributed by atoms with van der Waals surface area (Å²) in [6, 6.07) is 25.1. The topological polar surface area (TPSA) is 44.5 Å². The molecule has 6 aromatic rings. The number of oxazole rings is 1. The molecule has 3 heterocycles. The summed E-state index contributed by atoms with van der Waals surface area (Å²) in [5.41, 5.74) is 2.95. The summed E-state index contributed by atoms with van der Waals surface area (Å²) in [6.45, 7) is 8.35. The van der Waals surface area contributed by atoms with E-state index < -0.39 is 7.12 Å². The van der Waals surface area contributed by atoms with Gasteiger partial charge in [-0.2, -0.15) is 0 Å². The Morgan fingerprint density at radius 1 is 0.771 bits per heavy atom. The van der Waals surface area contributed by atoms with Crippen LogP contribution in [-0.4, -0.2) is 23.3 Å². The monoisotopic (exact) mass is 477 g/mol. The molecule has 4 nitrogen and oxygen atoms in total. The van der Waals surface area contributed by atoms with Gasteiger partial charge in [0.2, 0.25) is 5.89 Å². The summed E-state index contributed by atoms with van der Waals surface area (Å²) < 4.78 is 21.3. The minimum atomic E-state index is -0.402. The predicted molar refractivity (Wildman–Crippen MR) is 146 cm³/mol. The van der Waals surface area contributed by atoms with Gasteiger partial charge in [-0.25, -0.2) is 4.98 Å². The summed E-state index contributed by atoms with van der Waals surface area (Å²) in [5.74, 6) is 0.644. The first-order valence-electron chi connectivity index (χ1n) is 11.9. The van der Waals surface area contributed by atoms with Crippen LogP contribution in [0.1, 0.15) is 27.7 Å². The molecular weight excluding hydrogens is 453 g/mol. The lowest BCUT2D eigenvalue weighted by Crippen LogP contribution is -2.41. The third kappa shape index (κ3) is 3.10. The van der Waals surface area contributed by atoms with E-state index in [1.165, 1.54) is 25.6 Å². The van der Waals surface area contributed by atoms with Crippen LogP contribution in [0.5, 0.6) is 0 Å². The molecule has 0 unspecified atom stereocenters. The van der Waals surface area contributed by atoms with Crippen LogP contribution in [-0.2, 0) is 9.31 Å². The van der Waals surface area contributed by atoms with Crippen LogP contribution in [0.3, 0.4) is 0 Å². The molecule has 2 aromatic heterocycles. The van der Waals surface area contributed by atoms with Gasteiger partial charge in [-0.1, -0.05) is 42.5 Å². The number of hydrogen-bond donors (Lipinski definition) is 0. The van der Waals surface area contributed by atoms with Crippen molar-refractivity contribution in [2.45, 2.75) is 38.9 Å². The van der Waals surface area contributed by atoms with E-state index in [0.29, 0.717) is 5.89 Å². The van der Waals surface area contributed by atoms with Crippen molar-refractivity contribution in [2.75, 3.05) is 0 Å². The largest absolute Gasteiger partial charge is 0.494 e. The Morgan fingerprint density at radius 3 is 2.23 bits per heavy atom. The maximum absolute atomic E-state index is 6.36. The fraction of sp³-hybridized carbons (Fsp3) is 0.207. The van der Waals surface area contributed by atoms with Gasteiger partial charge in [-0.15, -0.1) is 11.3 Å². The van der Waals surface area contributed by atoms with Crippen molar-refractivity contribution in [3.05, 3.63) is 72.8 Å². The van der Waals surface area contributed by atoms with E-state index >= 15 is 0 Å². The lowest BCUT2D eigenvalue weighted by atomic mass is 9.78. The van der Waals surface area contributed by atoms with Crippen molar-refractivity contribution in [1.82, 2.24) is 4.98 Å². The van der Waals surface area contributed by atoms with Crippen molar-refractivity contribution in [3.8, 4) is 11.5 Å². The third-order valence-corrected chi connectivity index (χ3v) is 8.67. The number of thiophene rings is 1. The first kappa shape index (κ1) is 21.1. The van der Waals surface area contributed by atoms with Gasteiger partial charge < -0.3 is 13.7 Å². The normalized spacial score (nSPS) is 17.3. The van der Waals surface area contributed by atoms with Gasteiger partial charge >= 0.3 is 7.12 Å². The minimum absolute atomic E-state index is 0.381. The van der Waals surface area contributed by atoms with Crippen molar-refractivity contribution in [1.29, 1.82) is 0 Å². The Hall–Kier alpha value is -3.19. The molecule has 0 saturated carbocycles. The Balaban J connectivity index is 1.48. The predicted octanol–water partition coefficient (Wildman–Crippen LogP) is 7.32. The van der Waals surface area contributed by atoms with Gasteiger partial charge in [0, 0.05) is 25.7 Å². The quantitative estimate of drug-likeness (QED) is 0.245. The molecule has 0 aliphatic carbocycles. The molecule has 0 bridgehead atoms. The van der Waals surface area contributed by atoms with E-state index in [9.17, 15) is 0 Å². The fourth-order valence-corrected chi connectivity index (χ4v) is 6.03. The van der Waals surface area contributed by atoms with Crippen molar-refractivity contribution in [2.24, 2.45) is 0 Å². The summed E-state index contributed by atoms with van der Waals surface area (Å²) in [4.78, 5) is 4.97. The van der Waals surface area contributed by atoms with Crippen molar-refractivity contribution in [3.63, 3.8) is 0 Å². The maximum Gasteiger partial charge on any atom is 0.494 e. The fourth-order valence-electron chi connectivity index (χ4n) is 4.91. The smallest absolute Gasteiger partial charge is 0.436 e. The van der Waals surface area contributed by atoms with E-state index in [-0.39, 0.29) is 11.2 Å². The molecule has 0 radical (unpaired) electrons. The van der Waals surface area contributed by atoms with Crippen molar-refractivity contribution >= 4 is 66.0 Å². The van der Waals surface area contributed by atoms with Crippen LogP contribution >= 0.6 is 11.3 Å².